The highest BCUT2D eigenvalue weighted by Crippen LogP contribution is 2.26. The minimum atomic E-state index is -0.316. The smallest absolute Gasteiger partial charge is 0.275 e. The summed E-state index contributed by atoms with van der Waals surface area (Å²) in [6.07, 6.45) is 0. The number of thiazole rings is 1. The van der Waals surface area contributed by atoms with E-state index in [0.717, 1.165) is 5.56 Å². The number of aromatic nitrogens is 1. The SMILES string of the molecule is COCCOc1cc(C)ccc1NC(=O)c1csc(N)n1. The summed E-state index contributed by atoms with van der Waals surface area (Å²) < 4.78 is 10.6. The molecule has 0 atom stereocenters. The molecule has 0 unspecified atom stereocenters. The highest BCUT2D eigenvalue weighted by Gasteiger charge is 2.13. The summed E-state index contributed by atoms with van der Waals surface area (Å²) >= 11 is 1.22. The maximum absolute atomic E-state index is 12.1. The summed E-state index contributed by atoms with van der Waals surface area (Å²) in [5.41, 5.74) is 7.45. The average molecular weight is 307 g/mol. The Kier molecular flexibility index (Phi) is 5.13. The first-order chi connectivity index (χ1) is 10.1. The molecule has 1 amide bonds. The van der Waals surface area contributed by atoms with Crippen LogP contribution in [0.1, 0.15) is 16.1 Å². The molecule has 0 aliphatic carbocycles. The number of nitrogen functional groups attached to an aromatic ring is 1. The number of nitrogens with two attached hydrogens (primary N) is 1. The van der Waals surface area contributed by atoms with Crippen molar-refractivity contribution < 1.29 is 14.3 Å². The lowest BCUT2D eigenvalue weighted by Crippen LogP contribution is -2.14. The van der Waals surface area contributed by atoms with Crippen LogP contribution in [-0.2, 0) is 4.74 Å². The summed E-state index contributed by atoms with van der Waals surface area (Å²) in [7, 11) is 1.61. The van der Waals surface area contributed by atoms with Crippen molar-refractivity contribution in [3.05, 3.63) is 34.8 Å². The van der Waals surface area contributed by atoms with Crippen molar-refractivity contribution in [1.82, 2.24) is 4.98 Å². The van der Waals surface area contributed by atoms with Gasteiger partial charge in [0.05, 0.1) is 12.3 Å². The minimum absolute atomic E-state index is 0.293. The molecular formula is C14H17N3O3S. The second kappa shape index (κ2) is 7.05. The van der Waals surface area contributed by atoms with Crippen LogP contribution in [-0.4, -0.2) is 31.2 Å². The molecule has 1 aromatic carbocycles. The van der Waals surface area contributed by atoms with E-state index in [9.17, 15) is 4.79 Å². The van der Waals surface area contributed by atoms with E-state index in [1.54, 1.807) is 18.6 Å². The summed E-state index contributed by atoms with van der Waals surface area (Å²) in [5, 5.41) is 4.76. The normalized spacial score (nSPS) is 10.4. The van der Waals surface area contributed by atoms with Crippen LogP contribution in [0.15, 0.2) is 23.6 Å². The zero-order valence-electron chi connectivity index (χ0n) is 11.9. The maximum Gasteiger partial charge on any atom is 0.275 e. The molecule has 2 rings (SSSR count). The highest BCUT2D eigenvalue weighted by atomic mass is 32.1. The number of nitrogens with zero attached hydrogens (tertiary/aromatic N) is 1. The van der Waals surface area contributed by atoms with E-state index in [1.807, 2.05) is 19.1 Å². The third-order valence-electron chi connectivity index (χ3n) is 2.68. The predicted molar refractivity (Wildman–Crippen MR) is 83.0 cm³/mol. The number of hydrogen-bond acceptors (Lipinski definition) is 6. The van der Waals surface area contributed by atoms with Gasteiger partial charge >= 0.3 is 0 Å². The summed E-state index contributed by atoms with van der Waals surface area (Å²) in [4.78, 5) is 16.0. The molecule has 2 aromatic rings. The van der Waals surface area contributed by atoms with Crippen molar-refractivity contribution in [1.29, 1.82) is 0 Å². The fraction of sp³-hybridized carbons (Fsp3) is 0.286. The molecule has 6 nitrogen and oxygen atoms in total. The second-order valence-corrected chi connectivity index (χ2v) is 5.26. The van der Waals surface area contributed by atoms with Gasteiger partial charge in [-0.25, -0.2) is 4.98 Å². The molecule has 0 aliphatic heterocycles. The lowest BCUT2D eigenvalue weighted by Gasteiger charge is -2.12. The quantitative estimate of drug-likeness (QED) is 0.800. The summed E-state index contributed by atoms with van der Waals surface area (Å²) in [5.74, 6) is 0.284. The number of anilines is 2. The monoisotopic (exact) mass is 307 g/mol. The standard InChI is InChI=1S/C14H17N3O3S/c1-9-3-4-10(12(7-9)20-6-5-19-2)16-13(18)11-8-21-14(15)17-11/h3-4,7-8H,5-6H2,1-2H3,(H2,15,17)(H,16,18). The summed E-state index contributed by atoms with van der Waals surface area (Å²) in [6, 6.07) is 5.56. The first kappa shape index (κ1) is 15.3. The first-order valence-corrected chi connectivity index (χ1v) is 7.23. The van der Waals surface area contributed by atoms with Crippen molar-refractivity contribution in [3.8, 4) is 5.75 Å². The van der Waals surface area contributed by atoms with E-state index in [2.05, 4.69) is 10.3 Å². The Morgan fingerprint density at radius 1 is 1.43 bits per heavy atom. The molecule has 0 fully saturated rings. The topological polar surface area (TPSA) is 86.5 Å². The van der Waals surface area contributed by atoms with Crippen molar-refractivity contribution >= 4 is 28.1 Å². The highest BCUT2D eigenvalue weighted by molar-refractivity contribution is 7.13. The maximum atomic E-state index is 12.1. The van der Waals surface area contributed by atoms with E-state index in [-0.39, 0.29) is 5.91 Å². The van der Waals surface area contributed by atoms with Crippen molar-refractivity contribution in [2.45, 2.75) is 6.92 Å². The van der Waals surface area contributed by atoms with Crippen LogP contribution >= 0.6 is 11.3 Å². The van der Waals surface area contributed by atoms with E-state index in [1.165, 1.54) is 11.3 Å². The number of methoxy groups -OCH3 is 1. The number of amides is 1. The number of carbonyl (C=O) groups excluding carboxylic acids is 1. The second-order valence-electron chi connectivity index (χ2n) is 4.37. The van der Waals surface area contributed by atoms with Gasteiger partial charge in [-0.1, -0.05) is 6.07 Å². The van der Waals surface area contributed by atoms with E-state index in [0.29, 0.717) is 35.5 Å². The van der Waals surface area contributed by atoms with Crippen LogP contribution in [0.3, 0.4) is 0 Å². The molecule has 3 N–H and O–H groups in total. The lowest BCUT2D eigenvalue weighted by molar-refractivity contribution is 0.102. The molecule has 21 heavy (non-hydrogen) atoms. The molecule has 7 heteroatoms. The average Bonchev–Trinajstić information content (AvgIpc) is 2.88. The Labute approximate surface area is 126 Å². The van der Waals surface area contributed by atoms with Gasteiger partial charge in [0.1, 0.15) is 18.1 Å². The molecule has 0 saturated heterocycles. The largest absolute Gasteiger partial charge is 0.489 e. The molecule has 0 bridgehead atoms. The molecule has 0 radical (unpaired) electrons. The third-order valence-corrected chi connectivity index (χ3v) is 3.36. The number of aryl methyl sites for hydroxylation is 1. The molecule has 0 saturated carbocycles. The first-order valence-electron chi connectivity index (χ1n) is 6.35. The third kappa shape index (κ3) is 4.17. The molecule has 112 valence electrons. The van der Waals surface area contributed by atoms with Gasteiger partial charge in [-0.2, -0.15) is 0 Å². The fourth-order valence-corrected chi connectivity index (χ4v) is 2.21. The van der Waals surface area contributed by atoms with Gasteiger partial charge in [-0.3, -0.25) is 4.79 Å². The number of hydrogen-bond donors (Lipinski definition) is 2. The van der Waals surface area contributed by atoms with Crippen LogP contribution in [0.25, 0.3) is 0 Å². The van der Waals surface area contributed by atoms with Crippen molar-refractivity contribution in [3.63, 3.8) is 0 Å². The van der Waals surface area contributed by atoms with Gasteiger partial charge in [0.25, 0.3) is 5.91 Å². The van der Waals surface area contributed by atoms with Crippen LogP contribution in [0, 0.1) is 6.92 Å². The van der Waals surface area contributed by atoms with Crippen molar-refractivity contribution in [2.75, 3.05) is 31.4 Å². The molecular weight excluding hydrogens is 290 g/mol. The van der Waals surface area contributed by atoms with Gasteiger partial charge in [-0.15, -0.1) is 11.3 Å². The minimum Gasteiger partial charge on any atom is -0.489 e. The molecule has 1 aromatic heterocycles. The zero-order valence-corrected chi connectivity index (χ0v) is 12.7. The van der Waals surface area contributed by atoms with Gasteiger partial charge in [-0.05, 0) is 24.6 Å². The Morgan fingerprint density at radius 3 is 2.90 bits per heavy atom. The Bertz CT molecular complexity index is 628. The van der Waals surface area contributed by atoms with Gasteiger partial charge < -0.3 is 20.5 Å². The van der Waals surface area contributed by atoms with E-state index >= 15 is 0 Å². The fourth-order valence-electron chi connectivity index (χ4n) is 1.67. The van der Waals surface area contributed by atoms with Crippen LogP contribution < -0.4 is 15.8 Å². The Morgan fingerprint density at radius 2 is 2.24 bits per heavy atom. The molecule has 1 heterocycles. The van der Waals surface area contributed by atoms with Crippen LogP contribution in [0.2, 0.25) is 0 Å². The molecule has 0 spiro atoms. The lowest BCUT2D eigenvalue weighted by atomic mass is 10.2. The zero-order chi connectivity index (χ0) is 15.2. The number of nitrogens with one attached hydrogen (secondary N) is 1. The van der Waals surface area contributed by atoms with E-state index in [4.69, 9.17) is 15.2 Å². The Balaban J connectivity index is 2.13. The van der Waals surface area contributed by atoms with Gasteiger partial charge in [0, 0.05) is 12.5 Å². The number of carbonyl (C=O) groups is 1. The van der Waals surface area contributed by atoms with Crippen molar-refractivity contribution in [2.24, 2.45) is 0 Å². The predicted octanol–water partition coefficient (Wildman–Crippen LogP) is 2.31. The van der Waals surface area contributed by atoms with E-state index < -0.39 is 0 Å². The number of ether oxygens (including phenoxy) is 2. The van der Waals surface area contributed by atoms with Crippen LogP contribution in [0.4, 0.5) is 10.8 Å². The van der Waals surface area contributed by atoms with Crippen LogP contribution in [0.5, 0.6) is 5.75 Å². The van der Waals surface area contributed by atoms with Gasteiger partial charge in [0.2, 0.25) is 0 Å². The van der Waals surface area contributed by atoms with Gasteiger partial charge in [0.15, 0.2) is 5.13 Å². The Hall–Kier alpha value is -2.12. The number of rotatable bonds is 6. The number of benzene rings is 1. The summed E-state index contributed by atoms with van der Waals surface area (Å²) in [6.45, 7) is 2.84. The molecule has 0 aliphatic rings.